The molecule has 0 saturated carbocycles. The Morgan fingerprint density at radius 2 is 2.31 bits per heavy atom. The number of thiophene rings is 1. The van der Waals surface area contributed by atoms with E-state index in [9.17, 15) is 0 Å². The monoisotopic (exact) mass is 252 g/mol. The van der Waals surface area contributed by atoms with Gasteiger partial charge in [0.25, 0.3) is 0 Å². The van der Waals surface area contributed by atoms with Gasteiger partial charge in [0.05, 0.1) is 5.01 Å². The maximum atomic E-state index is 4.51. The molecule has 0 spiro atoms. The van der Waals surface area contributed by atoms with E-state index in [1.807, 2.05) is 6.92 Å². The van der Waals surface area contributed by atoms with Crippen LogP contribution in [0.1, 0.15) is 28.4 Å². The van der Waals surface area contributed by atoms with Gasteiger partial charge in [-0.25, -0.2) is 4.98 Å². The molecule has 0 aliphatic carbocycles. The molecule has 16 heavy (non-hydrogen) atoms. The third kappa shape index (κ3) is 3.14. The zero-order chi connectivity index (χ0) is 11.4. The van der Waals surface area contributed by atoms with E-state index in [-0.39, 0.29) is 0 Å². The van der Waals surface area contributed by atoms with Gasteiger partial charge in [0, 0.05) is 35.0 Å². The maximum Gasteiger partial charge on any atom is 0.0969 e. The largest absolute Gasteiger partial charge is 0.311 e. The third-order valence-electron chi connectivity index (χ3n) is 2.39. The number of thiazole rings is 1. The predicted molar refractivity (Wildman–Crippen MR) is 71.3 cm³/mol. The van der Waals surface area contributed by atoms with E-state index in [2.05, 4.69) is 40.1 Å². The molecule has 0 fully saturated rings. The molecule has 86 valence electrons. The number of hydrogen-bond donors (Lipinski definition) is 1. The van der Waals surface area contributed by atoms with Crippen molar-refractivity contribution in [2.75, 3.05) is 6.54 Å². The van der Waals surface area contributed by atoms with Crippen LogP contribution in [0.5, 0.6) is 0 Å². The van der Waals surface area contributed by atoms with Crippen molar-refractivity contribution in [1.82, 2.24) is 10.3 Å². The summed E-state index contributed by atoms with van der Waals surface area (Å²) in [5.74, 6) is 0.499. The Hall–Kier alpha value is -0.710. The van der Waals surface area contributed by atoms with E-state index in [0.717, 1.165) is 18.8 Å². The van der Waals surface area contributed by atoms with Gasteiger partial charge in [-0.05, 0) is 18.4 Å². The molecule has 0 bridgehead atoms. The Bertz CT molecular complexity index is 420. The standard InChI is InChI=1S/C12H16N2S2/c1-9(12-14-10(2)8-16-12)6-13-7-11-4-3-5-15-11/h3-5,8-9,13H,6-7H2,1-2H3. The van der Waals surface area contributed by atoms with Crippen LogP contribution >= 0.6 is 22.7 Å². The van der Waals surface area contributed by atoms with E-state index in [0.29, 0.717) is 5.92 Å². The Morgan fingerprint density at radius 3 is 2.94 bits per heavy atom. The van der Waals surface area contributed by atoms with Gasteiger partial charge < -0.3 is 5.32 Å². The van der Waals surface area contributed by atoms with Crippen LogP contribution in [0.2, 0.25) is 0 Å². The van der Waals surface area contributed by atoms with Crippen molar-refractivity contribution < 1.29 is 0 Å². The van der Waals surface area contributed by atoms with E-state index < -0.39 is 0 Å². The number of nitrogens with zero attached hydrogens (tertiary/aromatic N) is 1. The Balaban J connectivity index is 1.78. The quantitative estimate of drug-likeness (QED) is 0.882. The van der Waals surface area contributed by atoms with Crippen molar-refractivity contribution in [3.8, 4) is 0 Å². The molecule has 2 aromatic rings. The van der Waals surface area contributed by atoms with Crippen molar-refractivity contribution in [3.05, 3.63) is 38.5 Å². The van der Waals surface area contributed by atoms with Gasteiger partial charge >= 0.3 is 0 Å². The van der Waals surface area contributed by atoms with E-state index in [4.69, 9.17) is 0 Å². The summed E-state index contributed by atoms with van der Waals surface area (Å²) in [5.41, 5.74) is 1.13. The van der Waals surface area contributed by atoms with Crippen LogP contribution in [0.25, 0.3) is 0 Å². The summed E-state index contributed by atoms with van der Waals surface area (Å²) in [6, 6.07) is 4.26. The average Bonchev–Trinajstić information content (AvgIpc) is 2.89. The first-order valence-corrected chi connectivity index (χ1v) is 7.17. The molecule has 0 amide bonds. The van der Waals surface area contributed by atoms with Gasteiger partial charge in [-0.1, -0.05) is 13.0 Å². The summed E-state index contributed by atoms with van der Waals surface area (Å²) in [6.45, 7) is 6.22. The fourth-order valence-electron chi connectivity index (χ4n) is 1.51. The van der Waals surface area contributed by atoms with Gasteiger partial charge in [-0.3, -0.25) is 0 Å². The molecule has 0 aliphatic heterocycles. The molecule has 0 saturated heterocycles. The fourth-order valence-corrected chi connectivity index (χ4v) is 3.04. The molecule has 1 N–H and O–H groups in total. The molecule has 2 nitrogen and oxygen atoms in total. The van der Waals surface area contributed by atoms with Crippen molar-refractivity contribution >= 4 is 22.7 Å². The molecule has 2 aromatic heterocycles. The lowest BCUT2D eigenvalue weighted by molar-refractivity contribution is 0.616. The molecule has 0 aromatic carbocycles. The second-order valence-electron chi connectivity index (χ2n) is 3.94. The highest BCUT2D eigenvalue weighted by atomic mass is 32.1. The van der Waals surface area contributed by atoms with Gasteiger partial charge in [0.2, 0.25) is 0 Å². The second kappa shape index (κ2) is 5.57. The van der Waals surface area contributed by atoms with E-state index >= 15 is 0 Å². The molecule has 0 radical (unpaired) electrons. The van der Waals surface area contributed by atoms with Crippen LogP contribution in [-0.2, 0) is 6.54 Å². The lowest BCUT2D eigenvalue weighted by Gasteiger charge is -2.08. The van der Waals surface area contributed by atoms with Gasteiger partial charge in [0.15, 0.2) is 0 Å². The second-order valence-corrected chi connectivity index (χ2v) is 5.86. The predicted octanol–water partition coefficient (Wildman–Crippen LogP) is 3.41. The normalized spacial score (nSPS) is 12.9. The summed E-state index contributed by atoms with van der Waals surface area (Å²) in [4.78, 5) is 5.90. The van der Waals surface area contributed by atoms with Crippen LogP contribution in [0.15, 0.2) is 22.9 Å². The molecule has 2 rings (SSSR count). The van der Waals surface area contributed by atoms with Crippen LogP contribution < -0.4 is 5.32 Å². The van der Waals surface area contributed by atoms with Gasteiger partial charge in [0.1, 0.15) is 0 Å². The SMILES string of the molecule is Cc1csc(C(C)CNCc2cccs2)n1. The van der Waals surface area contributed by atoms with Crippen LogP contribution in [-0.4, -0.2) is 11.5 Å². The van der Waals surface area contributed by atoms with E-state index in [1.54, 1.807) is 22.7 Å². The van der Waals surface area contributed by atoms with Crippen LogP contribution in [0, 0.1) is 6.92 Å². The number of nitrogens with one attached hydrogen (secondary N) is 1. The summed E-state index contributed by atoms with van der Waals surface area (Å²) in [6.07, 6.45) is 0. The number of aryl methyl sites for hydroxylation is 1. The van der Waals surface area contributed by atoms with E-state index in [1.165, 1.54) is 9.88 Å². The first-order chi connectivity index (χ1) is 7.75. The highest BCUT2D eigenvalue weighted by molar-refractivity contribution is 7.10. The fraction of sp³-hybridized carbons (Fsp3) is 0.417. The number of hydrogen-bond acceptors (Lipinski definition) is 4. The zero-order valence-corrected chi connectivity index (χ0v) is 11.2. The minimum absolute atomic E-state index is 0.499. The summed E-state index contributed by atoms with van der Waals surface area (Å²) >= 11 is 3.56. The Kier molecular flexibility index (Phi) is 4.09. The summed E-state index contributed by atoms with van der Waals surface area (Å²) in [5, 5.41) is 8.94. The molecule has 2 heterocycles. The third-order valence-corrected chi connectivity index (χ3v) is 4.46. The van der Waals surface area contributed by atoms with Crippen molar-refractivity contribution in [2.24, 2.45) is 0 Å². The summed E-state index contributed by atoms with van der Waals surface area (Å²) in [7, 11) is 0. The minimum atomic E-state index is 0.499. The smallest absolute Gasteiger partial charge is 0.0969 e. The number of rotatable bonds is 5. The minimum Gasteiger partial charge on any atom is -0.311 e. The van der Waals surface area contributed by atoms with Gasteiger partial charge in [-0.2, -0.15) is 0 Å². The molecule has 1 atom stereocenters. The summed E-state index contributed by atoms with van der Waals surface area (Å²) < 4.78 is 0. The van der Waals surface area contributed by atoms with Crippen LogP contribution in [0.4, 0.5) is 0 Å². The Labute approximate surface area is 104 Å². The highest BCUT2D eigenvalue weighted by Gasteiger charge is 2.08. The lowest BCUT2D eigenvalue weighted by atomic mass is 10.2. The topological polar surface area (TPSA) is 24.9 Å². The van der Waals surface area contributed by atoms with Crippen LogP contribution in [0.3, 0.4) is 0 Å². The van der Waals surface area contributed by atoms with Crippen molar-refractivity contribution in [1.29, 1.82) is 0 Å². The van der Waals surface area contributed by atoms with Crippen molar-refractivity contribution in [2.45, 2.75) is 26.3 Å². The van der Waals surface area contributed by atoms with Crippen molar-refractivity contribution in [3.63, 3.8) is 0 Å². The first-order valence-electron chi connectivity index (χ1n) is 5.41. The Morgan fingerprint density at radius 1 is 1.44 bits per heavy atom. The maximum absolute atomic E-state index is 4.51. The average molecular weight is 252 g/mol. The zero-order valence-electron chi connectivity index (χ0n) is 9.56. The first kappa shape index (κ1) is 11.8. The van der Waals surface area contributed by atoms with Gasteiger partial charge in [-0.15, -0.1) is 22.7 Å². The molecular formula is C12H16N2S2. The molecule has 4 heteroatoms. The molecule has 0 aliphatic rings. The highest BCUT2D eigenvalue weighted by Crippen LogP contribution is 2.19. The number of aromatic nitrogens is 1. The molecule has 1 unspecified atom stereocenters. The molecular weight excluding hydrogens is 236 g/mol. The lowest BCUT2D eigenvalue weighted by Crippen LogP contribution is -2.19.